The summed E-state index contributed by atoms with van der Waals surface area (Å²) in [4.78, 5) is 2.30. The van der Waals surface area contributed by atoms with Gasteiger partial charge in [0.05, 0.1) is 6.10 Å². The minimum atomic E-state index is -0.0434. The Balaban J connectivity index is 1.80. The van der Waals surface area contributed by atoms with Gasteiger partial charge in [-0.15, -0.1) is 6.58 Å². The Bertz CT molecular complexity index is 130. The third-order valence-corrected chi connectivity index (χ3v) is 2.32. The van der Waals surface area contributed by atoms with Crippen molar-refractivity contribution in [3.63, 3.8) is 0 Å². The molecule has 2 nitrogen and oxygen atoms in total. The zero-order valence-corrected chi connectivity index (χ0v) is 7.71. The third-order valence-electron chi connectivity index (χ3n) is 2.32. The van der Waals surface area contributed by atoms with Crippen LogP contribution < -0.4 is 0 Å². The zero-order valence-electron chi connectivity index (χ0n) is 7.71. The van der Waals surface area contributed by atoms with Gasteiger partial charge in [0.25, 0.3) is 0 Å². The lowest BCUT2D eigenvalue weighted by Gasteiger charge is -2.35. The van der Waals surface area contributed by atoms with E-state index in [0.717, 1.165) is 26.1 Å². The van der Waals surface area contributed by atoms with Crippen LogP contribution in [0.15, 0.2) is 12.7 Å². The minimum absolute atomic E-state index is 0.0434. The van der Waals surface area contributed by atoms with Crippen LogP contribution in [0.2, 0.25) is 0 Å². The first-order valence-electron chi connectivity index (χ1n) is 4.84. The van der Waals surface area contributed by atoms with Gasteiger partial charge in [-0.1, -0.05) is 12.5 Å². The van der Waals surface area contributed by atoms with E-state index in [-0.39, 0.29) is 6.10 Å². The average molecular weight is 169 g/mol. The number of β-amino-alcohol motifs (C(OH)–C–C–N with tert-alkyl or cyclic N) is 1. The summed E-state index contributed by atoms with van der Waals surface area (Å²) < 4.78 is 0. The molecule has 0 aliphatic carbocycles. The first kappa shape index (κ1) is 9.75. The molecule has 0 amide bonds. The molecule has 0 aromatic carbocycles. The van der Waals surface area contributed by atoms with Gasteiger partial charge < -0.3 is 5.11 Å². The SMILES string of the molecule is C=CCCCCCN1CC(O)C1. The van der Waals surface area contributed by atoms with Crippen LogP contribution in [0.3, 0.4) is 0 Å². The van der Waals surface area contributed by atoms with E-state index in [1.54, 1.807) is 0 Å². The van der Waals surface area contributed by atoms with Crippen molar-refractivity contribution >= 4 is 0 Å². The Morgan fingerprint density at radius 1 is 1.33 bits per heavy atom. The van der Waals surface area contributed by atoms with Crippen LogP contribution in [-0.4, -0.2) is 35.7 Å². The summed E-state index contributed by atoms with van der Waals surface area (Å²) in [5.74, 6) is 0. The maximum Gasteiger partial charge on any atom is 0.0793 e. The standard InChI is InChI=1S/C10H19NO/c1-2-3-4-5-6-7-11-8-10(12)9-11/h2,10,12H,1,3-9H2. The van der Waals surface area contributed by atoms with E-state index in [1.165, 1.54) is 19.3 Å². The van der Waals surface area contributed by atoms with E-state index in [9.17, 15) is 0 Å². The second-order valence-electron chi connectivity index (χ2n) is 3.55. The fraction of sp³-hybridized carbons (Fsp3) is 0.800. The summed E-state index contributed by atoms with van der Waals surface area (Å²) in [7, 11) is 0. The van der Waals surface area contributed by atoms with Crippen molar-refractivity contribution in [2.24, 2.45) is 0 Å². The summed E-state index contributed by atoms with van der Waals surface area (Å²) in [5.41, 5.74) is 0. The highest BCUT2D eigenvalue weighted by Gasteiger charge is 2.22. The largest absolute Gasteiger partial charge is 0.390 e. The van der Waals surface area contributed by atoms with Crippen LogP contribution in [0, 0.1) is 0 Å². The Labute approximate surface area is 74.9 Å². The smallest absolute Gasteiger partial charge is 0.0793 e. The van der Waals surface area contributed by atoms with Crippen molar-refractivity contribution in [1.82, 2.24) is 4.90 Å². The van der Waals surface area contributed by atoms with Crippen molar-refractivity contribution in [3.8, 4) is 0 Å². The number of hydrogen-bond acceptors (Lipinski definition) is 2. The Kier molecular flexibility index (Phi) is 4.33. The highest BCUT2D eigenvalue weighted by molar-refractivity contribution is 4.78. The maximum atomic E-state index is 9.00. The highest BCUT2D eigenvalue weighted by Crippen LogP contribution is 2.09. The summed E-state index contributed by atoms with van der Waals surface area (Å²) >= 11 is 0. The molecule has 2 heteroatoms. The number of aliphatic hydroxyl groups excluding tert-OH is 1. The lowest BCUT2D eigenvalue weighted by atomic mass is 10.1. The normalized spacial score (nSPS) is 19.1. The van der Waals surface area contributed by atoms with Crippen LogP contribution in [0.4, 0.5) is 0 Å². The van der Waals surface area contributed by atoms with E-state index in [4.69, 9.17) is 5.11 Å². The summed E-state index contributed by atoms with van der Waals surface area (Å²) in [5, 5.41) is 9.00. The monoisotopic (exact) mass is 169 g/mol. The molecule has 0 bridgehead atoms. The van der Waals surface area contributed by atoms with Crippen LogP contribution >= 0.6 is 0 Å². The number of aliphatic hydroxyl groups is 1. The highest BCUT2D eigenvalue weighted by atomic mass is 16.3. The van der Waals surface area contributed by atoms with E-state index in [0.29, 0.717) is 0 Å². The van der Waals surface area contributed by atoms with Crippen LogP contribution in [0.25, 0.3) is 0 Å². The number of nitrogens with zero attached hydrogens (tertiary/aromatic N) is 1. The minimum Gasteiger partial charge on any atom is -0.390 e. The molecule has 1 saturated heterocycles. The molecule has 0 saturated carbocycles. The molecule has 0 unspecified atom stereocenters. The van der Waals surface area contributed by atoms with Crippen LogP contribution in [0.1, 0.15) is 25.7 Å². The Morgan fingerprint density at radius 3 is 2.67 bits per heavy atom. The quantitative estimate of drug-likeness (QED) is 0.480. The molecule has 1 N–H and O–H groups in total. The number of unbranched alkanes of at least 4 members (excludes halogenated alkanes) is 3. The fourth-order valence-electron chi connectivity index (χ4n) is 1.53. The van der Waals surface area contributed by atoms with Crippen molar-refractivity contribution < 1.29 is 5.11 Å². The molecular weight excluding hydrogens is 150 g/mol. The van der Waals surface area contributed by atoms with Gasteiger partial charge in [0.1, 0.15) is 0 Å². The van der Waals surface area contributed by atoms with E-state index < -0.39 is 0 Å². The molecule has 0 atom stereocenters. The molecular formula is C10H19NO. The predicted octanol–water partition coefficient (Wildman–Crippen LogP) is 1.41. The van der Waals surface area contributed by atoms with Crippen molar-refractivity contribution in [2.45, 2.75) is 31.8 Å². The predicted molar refractivity (Wildman–Crippen MR) is 51.1 cm³/mol. The summed E-state index contributed by atoms with van der Waals surface area (Å²) in [6.45, 7) is 6.63. The van der Waals surface area contributed by atoms with Gasteiger partial charge in [0.15, 0.2) is 0 Å². The first-order valence-corrected chi connectivity index (χ1v) is 4.84. The van der Waals surface area contributed by atoms with Gasteiger partial charge >= 0.3 is 0 Å². The molecule has 1 fully saturated rings. The second-order valence-corrected chi connectivity index (χ2v) is 3.55. The van der Waals surface area contributed by atoms with E-state index in [2.05, 4.69) is 11.5 Å². The molecule has 1 aliphatic heterocycles. The van der Waals surface area contributed by atoms with Gasteiger partial charge in [-0.05, 0) is 25.8 Å². The number of likely N-dealkylation sites (tertiary alicyclic amines) is 1. The molecule has 1 rings (SSSR count). The zero-order chi connectivity index (χ0) is 8.81. The molecule has 0 aromatic heterocycles. The molecule has 1 heterocycles. The summed E-state index contributed by atoms with van der Waals surface area (Å²) in [6, 6.07) is 0. The van der Waals surface area contributed by atoms with E-state index in [1.807, 2.05) is 6.08 Å². The second kappa shape index (κ2) is 5.33. The van der Waals surface area contributed by atoms with Crippen molar-refractivity contribution in [3.05, 3.63) is 12.7 Å². The summed E-state index contributed by atoms with van der Waals surface area (Å²) in [6.07, 6.45) is 6.90. The molecule has 1 aliphatic rings. The molecule has 12 heavy (non-hydrogen) atoms. The fourth-order valence-corrected chi connectivity index (χ4v) is 1.53. The lowest BCUT2D eigenvalue weighted by molar-refractivity contribution is 0.00150. The van der Waals surface area contributed by atoms with Gasteiger partial charge in [0.2, 0.25) is 0 Å². The topological polar surface area (TPSA) is 23.5 Å². The van der Waals surface area contributed by atoms with E-state index >= 15 is 0 Å². The third kappa shape index (κ3) is 3.37. The molecule has 0 spiro atoms. The molecule has 0 aromatic rings. The van der Waals surface area contributed by atoms with Crippen molar-refractivity contribution in [2.75, 3.05) is 19.6 Å². The lowest BCUT2D eigenvalue weighted by Crippen LogP contribution is -2.50. The van der Waals surface area contributed by atoms with Crippen molar-refractivity contribution in [1.29, 1.82) is 0 Å². The number of rotatable bonds is 6. The first-order chi connectivity index (χ1) is 5.83. The Hall–Kier alpha value is -0.340. The van der Waals surface area contributed by atoms with Gasteiger partial charge in [-0.3, -0.25) is 4.90 Å². The van der Waals surface area contributed by atoms with Gasteiger partial charge in [-0.2, -0.15) is 0 Å². The average Bonchev–Trinajstić information content (AvgIpc) is 2.00. The Morgan fingerprint density at radius 2 is 2.08 bits per heavy atom. The van der Waals surface area contributed by atoms with Crippen LogP contribution in [-0.2, 0) is 0 Å². The van der Waals surface area contributed by atoms with Gasteiger partial charge in [-0.25, -0.2) is 0 Å². The molecule has 70 valence electrons. The maximum absolute atomic E-state index is 9.00. The molecule has 0 radical (unpaired) electrons. The number of hydrogen-bond donors (Lipinski definition) is 1. The van der Waals surface area contributed by atoms with Crippen LogP contribution in [0.5, 0.6) is 0 Å². The number of allylic oxidation sites excluding steroid dienone is 1. The van der Waals surface area contributed by atoms with Gasteiger partial charge in [0, 0.05) is 13.1 Å².